The van der Waals surface area contributed by atoms with Gasteiger partial charge in [0.1, 0.15) is 5.60 Å². The number of nitro benzene ring substituents is 1. The average molecular weight is 351 g/mol. The molecule has 3 aliphatic rings. The molecular weight excluding hydrogens is 340 g/mol. The summed E-state index contributed by atoms with van der Waals surface area (Å²) in [4.78, 5) is 36.8. The molecule has 1 aromatic rings. The molecule has 0 aromatic heterocycles. The zero-order chi connectivity index (χ0) is 17.2. The molecule has 0 spiro atoms. The van der Waals surface area contributed by atoms with Crippen molar-refractivity contribution in [3.05, 3.63) is 45.5 Å². The van der Waals surface area contributed by atoms with Crippen molar-refractivity contribution in [1.82, 2.24) is 0 Å². The predicted molar refractivity (Wildman–Crippen MR) is 81.4 cm³/mol. The molecule has 0 unspecified atom stereocenters. The molecular formula is C15H11ClN2O6. The highest BCUT2D eigenvalue weighted by Gasteiger charge is 2.67. The molecule has 24 heavy (non-hydrogen) atoms. The highest BCUT2D eigenvalue weighted by Crippen LogP contribution is 2.52. The minimum atomic E-state index is -1.22. The van der Waals surface area contributed by atoms with Crippen LogP contribution in [0.2, 0.25) is 5.02 Å². The first-order chi connectivity index (χ1) is 11.4. The fourth-order valence-electron chi connectivity index (χ4n) is 3.71. The topological polar surface area (TPSA) is 110 Å². The Morgan fingerprint density at radius 1 is 1.38 bits per heavy atom. The standard InChI is InChI=1S/C15H11ClN2O6/c16-8-2-1-7(18(22)23)5-9(8)17-13(20)11-10-3-4-15(6-19,24-10)12(11)14(17)21/h1-5,10-12,19H,6H2/t10-,11-,12+,15-/m1/s1. The molecule has 0 aliphatic carbocycles. The summed E-state index contributed by atoms with van der Waals surface area (Å²) in [6, 6.07) is 3.57. The number of benzene rings is 1. The zero-order valence-corrected chi connectivity index (χ0v) is 12.8. The first kappa shape index (κ1) is 15.3. The van der Waals surface area contributed by atoms with Gasteiger partial charge in [0.15, 0.2) is 0 Å². The molecule has 2 fully saturated rings. The van der Waals surface area contributed by atoms with Crippen LogP contribution in [0.4, 0.5) is 11.4 Å². The summed E-state index contributed by atoms with van der Waals surface area (Å²) in [7, 11) is 0. The van der Waals surface area contributed by atoms with Gasteiger partial charge >= 0.3 is 0 Å². The van der Waals surface area contributed by atoms with E-state index in [4.69, 9.17) is 16.3 Å². The van der Waals surface area contributed by atoms with Crippen LogP contribution in [0, 0.1) is 22.0 Å². The Morgan fingerprint density at radius 3 is 2.79 bits per heavy atom. The summed E-state index contributed by atoms with van der Waals surface area (Å²) in [5.74, 6) is -2.73. The summed E-state index contributed by atoms with van der Waals surface area (Å²) in [5, 5.41) is 20.7. The third-order valence-electron chi connectivity index (χ3n) is 4.78. The lowest BCUT2D eigenvalue weighted by Crippen LogP contribution is -2.43. The Labute approximate surface area is 140 Å². The summed E-state index contributed by atoms with van der Waals surface area (Å²) in [5.41, 5.74) is -1.52. The molecule has 2 saturated heterocycles. The molecule has 2 bridgehead atoms. The maximum absolute atomic E-state index is 12.8. The number of anilines is 1. The van der Waals surface area contributed by atoms with Crippen LogP contribution in [0.5, 0.6) is 0 Å². The number of rotatable bonds is 3. The van der Waals surface area contributed by atoms with Gasteiger partial charge in [0.2, 0.25) is 11.8 Å². The molecule has 1 aromatic carbocycles. The third-order valence-corrected chi connectivity index (χ3v) is 5.10. The number of fused-ring (bicyclic) bond motifs is 5. The summed E-state index contributed by atoms with van der Waals surface area (Å²) in [6.45, 7) is -0.434. The number of non-ortho nitro benzene ring substituents is 1. The number of hydrogen-bond acceptors (Lipinski definition) is 6. The van der Waals surface area contributed by atoms with Gasteiger partial charge in [-0.15, -0.1) is 0 Å². The van der Waals surface area contributed by atoms with E-state index in [-0.39, 0.29) is 16.4 Å². The number of nitro groups is 1. The molecule has 3 aliphatic heterocycles. The molecule has 8 nitrogen and oxygen atoms in total. The predicted octanol–water partition coefficient (Wildman–Crippen LogP) is 1.05. The number of nitrogens with zero attached hydrogens (tertiary/aromatic N) is 2. The van der Waals surface area contributed by atoms with E-state index >= 15 is 0 Å². The smallest absolute Gasteiger partial charge is 0.271 e. The SMILES string of the molecule is O=C1[C@H]2[C@@H](C(=O)N1c1cc([N+](=O)[O-])ccc1Cl)[C@]1(CO)C=C[C@H]2O1. The van der Waals surface area contributed by atoms with Crippen molar-refractivity contribution in [3.63, 3.8) is 0 Å². The van der Waals surface area contributed by atoms with Crippen LogP contribution in [-0.4, -0.2) is 40.2 Å². The number of ether oxygens (including phenoxy) is 1. The number of carbonyl (C=O) groups is 2. The van der Waals surface area contributed by atoms with E-state index < -0.39 is 46.9 Å². The molecule has 4 rings (SSSR count). The number of aliphatic hydroxyl groups is 1. The van der Waals surface area contributed by atoms with Crippen LogP contribution in [0.3, 0.4) is 0 Å². The van der Waals surface area contributed by atoms with Crippen molar-refractivity contribution in [2.45, 2.75) is 11.7 Å². The van der Waals surface area contributed by atoms with E-state index in [1.165, 1.54) is 12.1 Å². The molecule has 9 heteroatoms. The molecule has 2 amide bonds. The highest BCUT2D eigenvalue weighted by molar-refractivity contribution is 6.36. The van der Waals surface area contributed by atoms with Crippen molar-refractivity contribution in [3.8, 4) is 0 Å². The maximum Gasteiger partial charge on any atom is 0.271 e. The van der Waals surface area contributed by atoms with Gasteiger partial charge in [-0.3, -0.25) is 19.7 Å². The number of aliphatic hydroxyl groups excluding tert-OH is 1. The quantitative estimate of drug-likeness (QED) is 0.377. The number of imide groups is 1. The molecule has 4 atom stereocenters. The highest BCUT2D eigenvalue weighted by atomic mass is 35.5. The van der Waals surface area contributed by atoms with Crippen molar-refractivity contribution < 1.29 is 24.4 Å². The Kier molecular flexibility index (Phi) is 3.08. The Balaban J connectivity index is 1.80. The first-order valence-electron chi connectivity index (χ1n) is 7.19. The van der Waals surface area contributed by atoms with Crippen LogP contribution >= 0.6 is 11.6 Å². The van der Waals surface area contributed by atoms with Gasteiger partial charge in [-0.2, -0.15) is 0 Å². The number of amides is 2. The summed E-state index contributed by atoms with van der Waals surface area (Å²) >= 11 is 6.06. The van der Waals surface area contributed by atoms with Crippen LogP contribution in [0.1, 0.15) is 0 Å². The Morgan fingerprint density at radius 2 is 2.12 bits per heavy atom. The van der Waals surface area contributed by atoms with Crippen LogP contribution in [-0.2, 0) is 14.3 Å². The number of halogens is 1. The van der Waals surface area contributed by atoms with Crippen LogP contribution in [0.25, 0.3) is 0 Å². The Hall–Kier alpha value is -2.29. The second kappa shape index (κ2) is 4.85. The third kappa shape index (κ3) is 1.75. The average Bonchev–Trinajstić information content (AvgIpc) is 3.19. The largest absolute Gasteiger partial charge is 0.393 e. The first-order valence-corrected chi connectivity index (χ1v) is 7.57. The minimum Gasteiger partial charge on any atom is -0.393 e. The minimum absolute atomic E-state index is 0.0252. The van der Waals surface area contributed by atoms with E-state index in [9.17, 15) is 24.8 Å². The van der Waals surface area contributed by atoms with E-state index in [2.05, 4.69) is 0 Å². The normalized spacial score (nSPS) is 33.4. The van der Waals surface area contributed by atoms with Crippen LogP contribution in [0.15, 0.2) is 30.4 Å². The van der Waals surface area contributed by atoms with Gasteiger partial charge in [-0.05, 0) is 6.07 Å². The fourth-order valence-corrected chi connectivity index (χ4v) is 3.91. The van der Waals surface area contributed by atoms with Crippen molar-refractivity contribution in [1.29, 1.82) is 0 Å². The zero-order valence-electron chi connectivity index (χ0n) is 12.1. The van der Waals surface area contributed by atoms with Crippen LogP contribution < -0.4 is 4.90 Å². The number of carbonyl (C=O) groups excluding carboxylic acids is 2. The van der Waals surface area contributed by atoms with E-state index in [0.717, 1.165) is 11.0 Å². The van der Waals surface area contributed by atoms with E-state index in [0.29, 0.717) is 0 Å². The molecule has 124 valence electrons. The van der Waals surface area contributed by atoms with Gasteiger partial charge in [-0.25, -0.2) is 4.90 Å². The maximum atomic E-state index is 12.8. The summed E-state index contributed by atoms with van der Waals surface area (Å²) < 4.78 is 5.62. The van der Waals surface area contributed by atoms with Gasteiger partial charge in [0.25, 0.3) is 5.69 Å². The second-order valence-electron chi connectivity index (χ2n) is 5.96. The van der Waals surface area contributed by atoms with Gasteiger partial charge in [0, 0.05) is 12.1 Å². The lowest BCUT2D eigenvalue weighted by Gasteiger charge is -2.26. The van der Waals surface area contributed by atoms with Gasteiger partial charge in [0.05, 0.1) is 40.2 Å². The van der Waals surface area contributed by atoms with Gasteiger partial charge in [-0.1, -0.05) is 23.8 Å². The van der Waals surface area contributed by atoms with Gasteiger partial charge < -0.3 is 9.84 Å². The molecule has 3 heterocycles. The molecule has 1 N–H and O–H groups in total. The monoisotopic (exact) mass is 350 g/mol. The lowest BCUT2D eigenvalue weighted by molar-refractivity contribution is -0.384. The van der Waals surface area contributed by atoms with Crippen molar-refractivity contribution in [2.75, 3.05) is 11.5 Å². The van der Waals surface area contributed by atoms with E-state index in [1.54, 1.807) is 12.2 Å². The Bertz CT molecular complexity index is 824. The van der Waals surface area contributed by atoms with Crippen molar-refractivity contribution in [2.24, 2.45) is 11.8 Å². The van der Waals surface area contributed by atoms with Crippen molar-refractivity contribution >= 4 is 34.8 Å². The van der Waals surface area contributed by atoms with E-state index in [1.807, 2.05) is 0 Å². The summed E-state index contributed by atoms with van der Waals surface area (Å²) in [6.07, 6.45) is 2.66. The fraction of sp³-hybridized carbons (Fsp3) is 0.333. The molecule has 0 radical (unpaired) electrons. The number of hydrogen-bond donors (Lipinski definition) is 1. The lowest BCUT2D eigenvalue weighted by atomic mass is 9.77. The molecule has 0 saturated carbocycles. The second-order valence-corrected chi connectivity index (χ2v) is 6.37.